The minimum absolute atomic E-state index is 0.164. The number of hydrogen-bond acceptors (Lipinski definition) is 2. The first-order valence-corrected chi connectivity index (χ1v) is 3.40. The van der Waals surface area contributed by atoms with Gasteiger partial charge >= 0.3 is 5.97 Å². The van der Waals surface area contributed by atoms with Crippen LogP contribution in [0, 0.1) is 6.92 Å². The van der Waals surface area contributed by atoms with E-state index in [1.165, 1.54) is 6.07 Å². The average Bonchev–Trinajstić information content (AvgIpc) is 2.10. The van der Waals surface area contributed by atoms with Crippen LogP contribution >= 0.6 is 15.9 Å². The van der Waals surface area contributed by atoms with Gasteiger partial charge in [-0.25, -0.2) is 4.79 Å². The molecular weight excluding hydrogens is 200 g/mol. The molecule has 1 heterocycles. The Morgan fingerprint density at radius 3 is 2.60 bits per heavy atom. The predicted molar refractivity (Wildman–Crippen MR) is 38.1 cm³/mol. The minimum Gasteiger partial charge on any atom is -0.478 e. The van der Waals surface area contributed by atoms with Gasteiger partial charge in [-0.1, -0.05) is 0 Å². The van der Waals surface area contributed by atoms with Gasteiger partial charge in [0.05, 0.1) is 0 Å². The first kappa shape index (κ1) is 7.34. The molecule has 0 fully saturated rings. The zero-order valence-electron chi connectivity index (χ0n) is 5.22. The maximum atomic E-state index is 10.3. The first-order valence-electron chi connectivity index (χ1n) is 2.60. The van der Waals surface area contributed by atoms with Crippen LogP contribution in [0.15, 0.2) is 15.2 Å². The normalized spacial score (nSPS) is 9.80. The highest BCUT2D eigenvalue weighted by Gasteiger charge is 2.11. The number of halogens is 1. The van der Waals surface area contributed by atoms with Crippen molar-refractivity contribution in [3.8, 4) is 0 Å². The van der Waals surface area contributed by atoms with E-state index in [2.05, 4.69) is 15.9 Å². The summed E-state index contributed by atoms with van der Waals surface area (Å²) in [7, 11) is 0. The first-order chi connectivity index (χ1) is 4.61. The number of carboxylic acid groups (broad SMARTS) is 1. The third kappa shape index (κ3) is 1.21. The summed E-state index contributed by atoms with van der Waals surface area (Å²) in [4.78, 5) is 10.3. The quantitative estimate of drug-likeness (QED) is 0.763. The zero-order chi connectivity index (χ0) is 7.72. The number of furan rings is 1. The van der Waals surface area contributed by atoms with Gasteiger partial charge in [0.1, 0.15) is 11.3 Å². The van der Waals surface area contributed by atoms with Gasteiger partial charge in [0.2, 0.25) is 0 Å². The summed E-state index contributed by atoms with van der Waals surface area (Å²) in [6, 6.07) is 1.46. The monoisotopic (exact) mass is 204 g/mol. The minimum atomic E-state index is -0.983. The van der Waals surface area contributed by atoms with E-state index in [1.54, 1.807) is 6.92 Å². The number of carbonyl (C=O) groups is 1. The molecular formula is C6H5BrO3. The van der Waals surface area contributed by atoms with Crippen LogP contribution in [0.3, 0.4) is 0 Å². The van der Waals surface area contributed by atoms with Crippen molar-refractivity contribution in [1.29, 1.82) is 0 Å². The van der Waals surface area contributed by atoms with Crippen LogP contribution in [0.5, 0.6) is 0 Å². The second kappa shape index (κ2) is 2.46. The van der Waals surface area contributed by atoms with Crippen molar-refractivity contribution < 1.29 is 14.3 Å². The smallest absolute Gasteiger partial charge is 0.340 e. The van der Waals surface area contributed by atoms with E-state index in [0.717, 1.165) is 0 Å². The molecule has 0 aliphatic rings. The van der Waals surface area contributed by atoms with Crippen molar-refractivity contribution in [2.75, 3.05) is 0 Å². The van der Waals surface area contributed by atoms with Crippen LogP contribution in [-0.2, 0) is 0 Å². The Hall–Kier alpha value is -0.770. The molecule has 0 aromatic carbocycles. The van der Waals surface area contributed by atoms with E-state index in [0.29, 0.717) is 5.76 Å². The van der Waals surface area contributed by atoms with Gasteiger partial charge in [-0.15, -0.1) is 0 Å². The molecule has 0 saturated carbocycles. The lowest BCUT2D eigenvalue weighted by atomic mass is 10.3. The van der Waals surface area contributed by atoms with Gasteiger partial charge < -0.3 is 9.52 Å². The van der Waals surface area contributed by atoms with Crippen LogP contribution in [-0.4, -0.2) is 11.1 Å². The van der Waals surface area contributed by atoms with E-state index in [1.807, 2.05) is 0 Å². The molecule has 54 valence electrons. The van der Waals surface area contributed by atoms with E-state index in [-0.39, 0.29) is 10.2 Å². The van der Waals surface area contributed by atoms with Crippen molar-refractivity contribution >= 4 is 21.9 Å². The molecule has 3 nitrogen and oxygen atoms in total. The summed E-state index contributed by atoms with van der Waals surface area (Å²) in [6.07, 6.45) is 0. The van der Waals surface area contributed by atoms with Gasteiger partial charge in [0, 0.05) is 0 Å². The largest absolute Gasteiger partial charge is 0.478 e. The van der Waals surface area contributed by atoms with Gasteiger partial charge in [0.15, 0.2) is 4.67 Å². The number of hydrogen-bond donors (Lipinski definition) is 1. The summed E-state index contributed by atoms with van der Waals surface area (Å²) in [6.45, 7) is 1.69. The fraction of sp³-hybridized carbons (Fsp3) is 0.167. The van der Waals surface area contributed by atoms with Crippen molar-refractivity contribution in [3.63, 3.8) is 0 Å². The van der Waals surface area contributed by atoms with Crippen LogP contribution in [0.4, 0.5) is 0 Å². The molecule has 0 radical (unpaired) electrons. The molecule has 0 bridgehead atoms. The molecule has 1 rings (SSSR count). The maximum Gasteiger partial charge on any atom is 0.340 e. The third-order valence-corrected chi connectivity index (χ3v) is 1.63. The average molecular weight is 205 g/mol. The Morgan fingerprint density at radius 1 is 1.80 bits per heavy atom. The standard InChI is InChI=1S/C6H5BrO3/c1-3-2-4(6(8)9)5(7)10-3/h2H,1H3,(H,8,9). The van der Waals surface area contributed by atoms with Crippen molar-refractivity contribution in [3.05, 3.63) is 22.1 Å². The van der Waals surface area contributed by atoms with E-state index in [4.69, 9.17) is 9.52 Å². The zero-order valence-corrected chi connectivity index (χ0v) is 6.81. The molecule has 0 spiro atoms. The Bertz CT molecular complexity index is 264. The van der Waals surface area contributed by atoms with Crippen LogP contribution in [0.25, 0.3) is 0 Å². The molecule has 1 N–H and O–H groups in total. The highest BCUT2D eigenvalue weighted by Crippen LogP contribution is 2.20. The molecule has 0 amide bonds. The SMILES string of the molecule is Cc1cc(C(=O)O)c(Br)o1. The lowest BCUT2D eigenvalue weighted by Gasteiger charge is -1.83. The van der Waals surface area contributed by atoms with Crippen LogP contribution in [0.1, 0.15) is 16.1 Å². The molecule has 0 aliphatic carbocycles. The lowest BCUT2D eigenvalue weighted by molar-refractivity contribution is 0.0695. The summed E-state index contributed by atoms with van der Waals surface area (Å²) < 4.78 is 5.19. The fourth-order valence-electron chi connectivity index (χ4n) is 0.632. The Labute approximate surface area is 65.8 Å². The predicted octanol–water partition coefficient (Wildman–Crippen LogP) is 2.05. The molecule has 4 heteroatoms. The molecule has 0 aliphatic heterocycles. The summed E-state index contributed by atoms with van der Waals surface area (Å²) in [5.74, 6) is -0.395. The number of aromatic carboxylic acids is 1. The van der Waals surface area contributed by atoms with E-state index >= 15 is 0 Å². The summed E-state index contributed by atoms with van der Waals surface area (Å²) in [5.41, 5.74) is 0.164. The Balaban J connectivity index is 3.15. The second-order valence-corrected chi connectivity index (χ2v) is 2.57. The fourth-order valence-corrected chi connectivity index (χ4v) is 1.17. The highest BCUT2D eigenvalue weighted by atomic mass is 79.9. The van der Waals surface area contributed by atoms with Gasteiger partial charge in [-0.05, 0) is 28.9 Å². The number of carboxylic acids is 1. The molecule has 0 unspecified atom stereocenters. The van der Waals surface area contributed by atoms with Crippen LogP contribution in [0.2, 0.25) is 0 Å². The van der Waals surface area contributed by atoms with Crippen molar-refractivity contribution in [2.45, 2.75) is 6.92 Å². The molecule has 0 atom stereocenters. The Morgan fingerprint density at radius 2 is 2.40 bits per heavy atom. The van der Waals surface area contributed by atoms with Crippen LogP contribution < -0.4 is 0 Å². The lowest BCUT2D eigenvalue weighted by Crippen LogP contribution is -1.93. The van der Waals surface area contributed by atoms with Crippen molar-refractivity contribution in [2.24, 2.45) is 0 Å². The molecule has 1 aromatic rings. The van der Waals surface area contributed by atoms with E-state index < -0.39 is 5.97 Å². The van der Waals surface area contributed by atoms with Gasteiger partial charge in [0.25, 0.3) is 0 Å². The summed E-state index contributed by atoms with van der Waals surface area (Å²) in [5, 5.41) is 8.49. The summed E-state index contributed by atoms with van der Waals surface area (Å²) >= 11 is 2.97. The van der Waals surface area contributed by atoms with Gasteiger partial charge in [-0.3, -0.25) is 0 Å². The van der Waals surface area contributed by atoms with E-state index in [9.17, 15) is 4.79 Å². The molecule has 0 saturated heterocycles. The Kier molecular flexibility index (Phi) is 1.80. The highest BCUT2D eigenvalue weighted by molar-refractivity contribution is 9.10. The number of rotatable bonds is 1. The third-order valence-electron chi connectivity index (χ3n) is 1.04. The topological polar surface area (TPSA) is 50.4 Å². The second-order valence-electron chi connectivity index (χ2n) is 1.85. The van der Waals surface area contributed by atoms with Crippen molar-refractivity contribution in [1.82, 2.24) is 0 Å². The number of aryl methyl sites for hydroxylation is 1. The van der Waals surface area contributed by atoms with Gasteiger partial charge in [-0.2, -0.15) is 0 Å². The molecule has 1 aromatic heterocycles. The maximum absolute atomic E-state index is 10.3. The molecule has 10 heavy (non-hydrogen) atoms.